The maximum absolute atomic E-state index is 9.06. The molecule has 0 radical (unpaired) electrons. The second-order valence-corrected chi connectivity index (χ2v) is 3.94. The summed E-state index contributed by atoms with van der Waals surface area (Å²) in [6.45, 7) is 7.36. The van der Waals surface area contributed by atoms with Gasteiger partial charge in [-0.25, -0.2) is 0 Å². The van der Waals surface area contributed by atoms with Gasteiger partial charge < -0.3 is 10.8 Å². The SMILES string of the molecule is CC(C)CN(C)C(CO)C(C)N. The van der Waals surface area contributed by atoms with E-state index in [-0.39, 0.29) is 18.7 Å². The van der Waals surface area contributed by atoms with Gasteiger partial charge in [0.2, 0.25) is 0 Å². The second kappa shape index (κ2) is 5.51. The highest BCUT2D eigenvalue weighted by molar-refractivity contribution is 4.76. The minimum Gasteiger partial charge on any atom is -0.395 e. The number of aliphatic hydroxyl groups excluding tert-OH is 1. The molecule has 0 saturated heterocycles. The van der Waals surface area contributed by atoms with Crippen molar-refractivity contribution >= 4 is 0 Å². The van der Waals surface area contributed by atoms with Crippen molar-refractivity contribution in [1.29, 1.82) is 0 Å². The van der Waals surface area contributed by atoms with Crippen molar-refractivity contribution in [3.05, 3.63) is 0 Å². The van der Waals surface area contributed by atoms with Gasteiger partial charge in [0, 0.05) is 18.6 Å². The van der Waals surface area contributed by atoms with Crippen LogP contribution in [0.15, 0.2) is 0 Å². The number of nitrogens with two attached hydrogens (primary N) is 1. The molecule has 0 aliphatic rings. The van der Waals surface area contributed by atoms with Crippen LogP contribution in [0.4, 0.5) is 0 Å². The van der Waals surface area contributed by atoms with Crippen LogP contribution in [0, 0.1) is 5.92 Å². The first-order valence-electron chi connectivity index (χ1n) is 4.55. The van der Waals surface area contributed by atoms with E-state index in [2.05, 4.69) is 18.7 Å². The monoisotopic (exact) mass is 174 g/mol. The first-order valence-corrected chi connectivity index (χ1v) is 4.55. The van der Waals surface area contributed by atoms with Gasteiger partial charge in [0.05, 0.1) is 6.61 Å². The minimum absolute atomic E-state index is 0.0266. The Labute approximate surface area is 75.6 Å². The molecule has 0 aliphatic heterocycles. The van der Waals surface area contributed by atoms with E-state index in [1.54, 1.807) is 0 Å². The molecule has 0 amide bonds. The zero-order chi connectivity index (χ0) is 9.72. The van der Waals surface area contributed by atoms with E-state index in [9.17, 15) is 0 Å². The Morgan fingerprint density at radius 1 is 1.33 bits per heavy atom. The normalized spacial score (nSPS) is 17.0. The number of likely N-dealkylation sites (N-methyl/N-ethyl adjacent to an activating group) is 1. The summed E-state index contributed by atoms with van der Waals surface area (Å²) in [5, 5.41) is 9.06. The van der Waals surface area contributed by atoms with Crippen LogP contribution in [0.2, 0.25) is 0 Å². The predicted octanol–water partition coefficient (Wildman–Crippen LogP) is 0.282. The van der Waals surface area contributed by atoms with Crippen molar-refractivity contribution in [2.75, 3.05) is 20.2 Å². The summed E-state index contributed by atoms with van der Waals surface area (Å²) in [4.78, 5) is 2.12. The molecule has 0 rings (SSSR count). The first kappa shape index (κ1) is 11.9. The van der Waals surface area contributed by atoms with Crippen LogP contribution in [-0.2, 0) is 0 Å². The van der Waals surface area contributed by atoms with Gasteiger partial charge in [-0.05, 0) is 19.9 Å². The molecule has 0 saturated carbocycles. The fourth-order valence-electron chi connectivity index (χ4n) is 1.42. The van der Waals surface area contributed by atoms with Crippen LogP contribution in [0.1, 0.15) is 20.8 Å². The molecule has 0 aromatic rings. The van der Waals surface area contributed by atoms with Gasteiger partial charge in [-0.3, -0.25) is 4.90 Å². The molecule has 0 heterocycles. The van der Waals surface area contributed by atoms with E-state index >= 15 is 0 Å². The summed E-state index contributed by atoms with van der Waals surface area (Å²) in [5.74, 6) is 0.614. The molecule has 0 aromatic heterocycles. The highest BCUT2D eigenvalue weighted by Crippen LogP contribution is 2.03. The molecule has 3 nitrogen and oxygen atoms in total. The van der Waals surface area contributed by atoms with Crippen LogP contribution < -0.4 is 5.73 Å². The van der Waals surface area contributed by atoms with E-state index < -0.39 is 0 Å². The van der Waals surface area contributed by atoms with Crippen molar-refractivity contribution in [3.8, 4) is 0 Å². The number of nitrogens with zero attached hydrogens (tertiary/aromatic N) is 1. The Morgan fingerprint density at radius 2 is 1.83 bits per heavy atom. The molecule has 3 N–H and O–H groups in total. The van der Waals surface area contributed by atoms with Gasteiger partial charge in [-0.15, -0.1) is 0 Å². The van der Waals surface area contributed by atoms with Gasteiger partial charge in [0.15, 0.2) is 0 Å². The largest absolute Gasteiger partial charge is 0.395 e. The Kier molecular flexibility index (Phi) is 5.46. The summed E-state index contributed by atoms with van der Waals surface area (Å²) in [7, 11) is 2.00. The van der Waals surface area contributed by atoms with Crippen molar-refractivity contribution in [1.82, 2.24) is 4.90 Å². The third kappa shape index (κ3) is 4.04. The van der Waals surface area contributed by atoms with Gasteiger partial charge in [-0.1, -0.05) is 13.8 Å². The maximum Gasteiger partial charge on any atom is 0.0601 e. The van der Waals surface area contributed by atoms with Crippen LogP contribution in [-0.4, -0.2) is 42.3 Å². The van der Waals surface area contributed by atoms with Gasteiger partial charge in [-0.2, -0.15) is 0 Å². The highest BCUT2D eigenvalue weighted by Gasteiger charge is 2.18. The van der Waals surface area contributed by atoms with E-state index in [4.69, 9.17) is 10.8 Å². The van der Waals surface area contributed by atoms with Crippen LogP contribution in [0.25, 0.3) is 0 Å². The van der Waals surface area contributed by atoms with Crippen LogP contribution >= 0.6 is 0 Å². The average molecular weight is 174 g/mol. The van der Waals surface area contributed by atoms with E-state index in [0.29, 0.717) is 5.92 Å². The zero-order valence-electron chi connectivity index (χ0n) is 8.62. The Bertz CT molecular complexity index is 115. The number of rotatable bonds is 5. The number of aliphatic hydroxyl groups is 1. The summed E-state index contributed by atoms with van der Waals surface area (Å²) >= 11 is 0. The molecule has 0 bridgehead atoms. The van der Waals surface area contributed by atoms with Crippen LogP contribution in [0.5, 0.6) is 0 Å². The minimum atomic E-state index is 0.0266. The van der Waals surface area contributed by atoms with Crippen molar-refractivity contribution in [2.24, 2.45) is 11.7 Å². The molecule has 0 aliphatic carbocycles. The summed E-state index contributed by atoms with van der Waals surface area (Å²) in [6.07, 6.45) is 0. The van der Waals surface area contributed by atoms with Gasteiger partial charge in [0.25, 0.3) is 0 Å². The summed E-state index contributed by atoms with van der Waals surface area (Å²) in [5.41, 5.74) is 5.72. The van der Waals surface area contributed by atoms with Gasteiger partial charge in [0.1, 0.15) is 0 Å². The molecule has 3 heteroatoms. The molecule has 2 atom stereocenters. The molecular formula is C9H22N2O. The lowest BCUT2D eigenvalue weighted by atomic mass is 10.1. The highest BCUT2D eigenvalue weighted by atomic mass is 16.3. The molecule has 0 spiro atoms. The van der Waals surface area contributed by atoms with Crippen molar-refractivity contribution in [3.63, 3.8) is 0 Å². The van der Waals surface area contributed by atoms with E-state index in [1.165, 1.54) is 0 Å². The third-order valence-electron chi connectivity index (χ3n) is 2.01. The fourth-order valence-corrected chi connectivity index (χ4v) is 1.42. The topological polar surface area (TPSA) is 49.5 Å². The quantitative estimate of drug-likeness (QED) is 0.629. The maximum atomic E-state index is 9.06. The van der Waals surface area contributed by atoms with Crippen molar-refractivity contribution in [2.45, 2.75) is 32.9 Å². The Balaban J connectivity index is 3.94. The molecule has 2 unspecified atom stereocenters. The van der Waals surface area contributed by atoms with E-state index in [1.807, 2.05) is 14.0 Å². The summed E-state index contributed by atoms with van der Waals surface area (Å²) < 4.78 is 0. The average Bonchev–Trinajstić information content (AvgIpc) is 1.85. The van der Waals surface area contributed by atoms with Gasteiger partial charge >= 0.3 is 0 Å². The Morgan fingerprint density at radius 3 is 2.08 bits per heavy atom. The smallest absolute Gasteiger partial charge is 0.0601 e. The summed E-state index contributed by atoms with van der Waals surface area (Å²) in [6, 6.07) is 0.117. The second-order valence-electron chi connectivity index (χ2n) is 3.94. The molecular weight excluding hydrogens is 152 g/mol. The lowest BCUT2D eigenvalue weighted by molar-refractivity contribution is 0.121. The lowest BCUT2D eigenvalue weighted by Crippen LogP contribution is -2.47. The third-order valence-corrected chi connectivity index (χ3v) is 2.01. The molecule has 12 heavy (non-hydrogen) atoms. The predicted molar refractivity (Wildman–Crippen MR) is 52.0 cm³/mol. The van der Waals surface area contributed by atoms with Crippen molar-refractivity contribution < 1.29 is 5.11 Å². The lowest BCUT2D eigenvalue weighted by Gasteiger charge is -2.30. The zero-order valence-corrected chi connectivity index (χ0v) is 8.62. The first-order chi connectivity index (χ1) is 5.49. The van der Waals surface area contributed by atoms with Crippen LogP contribution in [0.3, 0.4) is 0 Å². The molecule has 0 aromatic carbocycles. The molecule has 74 valence electrons. The number of hydrogen-bond acceptors (Lipinski definition) is 3. The Hall–Kier alpha value is -0.120. The number of hydrogen-bond donors (Lipinski definition) is 2. The fraction of sp³-hybridized carbons (Fsp3) is 1.00. The standard InChI is InChI=1S/C9H22N2O/c1-7(2)5-11(4)9(6-12)8(3)10/h7-9,12H,5-6,10H2,1-4H3. The van der Waals surface area contributed by atoms with E-state index in [0.717, 1.165) is 6.54 Å². The molecule has 0 fully saturated rings.